The maximum atomic E-state index is 14.4. The molecule has 0 bridgehead atoms. The first kappa shape index (κ1) is 35.0. The molecule has 0 saturated heterocycles. The SMILES string of the molecule is C[C@@H]1CN([C@H](C)CO)C(=O)c2cc(NC(=O)Nc3ccc4c(c3)OCO4)ccc2O[C@@H](C)CCCCO[C@H]1CN(C)Cc1ccccc1. The molecule has 5 rings (SSSR count). The van der Waals surface area contributed by atoms with Crippen molar-refractivity contribution in [1.29, 1.82) is 0 Å². The zero-order valence-corrected chi connectivity index (χ0v) is 28.3. The summed E-state index contributed by atoms with van der Waals surface area (Å²) in [4.78, 5) is 31.3. The molecule has 2 heterocycles. The summed E-state index contributed by atoms with van der Waals surface area (Å²) in [5.74, 6) is 1.27. The number of ether oxygens (including phenoxy) is 4. The monoisotopic (exact) mass is 660 g/mol. The number of aliphatic hydroxyl groups is 1. The highest BCUT2D eigenvalue weighted by molar-refractivity contribution is 6.02. The molecule has 0 fully saturated rings. The maximum Gasteiger partial charge on any atom is 0.323 e. The summed E-state index contributed by atoms with van der Waals surface area (Å²) in [5.41, 5.74) is 2.49. The number of anilines is 2. The van der Waals surface area contributed by atoms with E-state index in [2.05, 4.69) is 41.6 Å². The number of urea groups is 1. The van der Waals surface area contributed by atoms with Gasteiger partial charge in [0.05, 0.1) is 30.4 Å². The second-order valence-corrected chi connectivity index (χ2v) is 12.8. The third kappa shape index (κ3) is 9.40. The molecule has 0 aliphatic carbocycles. The Hall–Kier alpha value is -4.32. The van der Waals surface area contributed by atoms with Crippen molar-refractivity contribution in [2.24, 2.45) is 5.92 Å². The molecule has 11 heteroatoms. The number of benzene rings is 3. The fourth-order valence-corrected chi connectivity index (χ4v) is 6.00. The van der Waals surface area contributed by atoms with E-state index in [1.165, 1.54) is 5.56 Å². The lowest BCUT2D eigenvalue weighted by Crippen LogP contribution is -2.47. The van der Waals surface area contributed by atoms with Gasteiger partial charge in [-0.25, -0.2) is 4.79 Å². The third-order valence-corrected chi connectivity index (χ3v) is 8.73. The molecule has 0 unspecified atom stereocenters. The van der Waals surface area contributed by atoms with Gasteiger partial charge in [0.2, 0.25) is 6.79 Å². The number of carbonyl (C=O) groups is 2. The molecule has 3 N–H and O–H groups in total. The molecule has 0 saturated carbocycles. The summed E-state index contributed by atoms with van der Waals surface area (Å²) in [6.45, 7) is 8.29. The summed E-state index contributed by atoms with van der Waals surface area (Å²) >= 11 is 0. The number of nitrogens with one attached hydrogen (secondary N) is 2. The molecule has 2 aliphatic heterocycles. The van der Waals surface area contributed by atoms with E-state index < -0.39 is 12.1 Å². The number of hydrogen-bond donors (Lipinski definition) is 3. The van der Waals surface area contributed by atoms with Crippen LogP contribution in [0.4, 0.5) is 16.2 Å². The van der Waals surface area contributed by atoms with Crippen LogP contribution in [0, 0.1) is 5.92 Å². The molecule has 11 nitrogen and oxygen atoms in total. The molecule has 3 aromatic rings. The summed E-state index contributed by atoms with van der Waals surface area (Å²) in [5, 5.41) is 15.9. The normalized spacial score (nSPS) is 20.8. The first-order valence-electron chi connectivity index (χ1n) is 16.7. The van der Waals surface area contributed by atoms with Gasteiger partial charge in [0, 0.05) is 49.6 Å². The van der Waals surface area contributed by atoms with Gasteiger partial charge in [-0.1, -0.05) is 37.3 Å². The van der Waals surface area contributed by atoms with Crippen LogP contribution in [0.2, 0.25) is 0 Å². The Kier molecular flexibility index (Phi) is 12.2. The van der Waals surface area contributed by atoms with Crippen molar-refractivity contribution < 1.29 is 33.6 Å². The Morgan fingerprint density at radius 3 is 2.44 bits per heavy atom. The number of hydrogen-bond acceptors (Lipinski definition) is 8. The Balaban J connectivity index is 1.36. The molecule has 48 heavy (non-hydrogen) atoms. The highest BCUT2D eigenvalue weighted by Gasteiger charge is 2.30. The Morgan fingerprint density at radius 1 is 0.979 bits per heavy atom. The summed E-state index contributed by atoms with van der Waals surface area (Å²) in [6.07, 6.45) is 2.31. The first-order chi connectivity index (χ1) is 23.2. The summed E-state index contributed by atoms with van der Waals surface area (Å²) in [6, 6.07) is 19.6. The van der Waals surface area contributed by atoms with Gasteiger partial charge in [-0.05, 0) is 76.1 Å². The highest BCUT2D eigenvalue weighted by atomic mass is 16.7. The second kappa shape index (κ2) is 16.7. The van der Waals surface area contributed by atoms with E-state index in [9.17, 15) is 14.7 Å². The van der Waals surface area contributed by atoms with Gasteiger partial charge in [-0.3, -0.25) is 9.69 Å². The minimum Gasteiger partial charge on any atom is -0.490 e. The minimum atomic E-state index is -0.481. The lowest BCUT2D eigenvalue weighted by molar-refractivity contribution is -0.0177. The molecule has 0 spiro atoms. The van der Waals surface area contributed by atoms with Crippen molar-refractivity contribution in [3.63, 3.8) is 0 Å². The van der Waals surface area contributed by atoms with E-state index in [-0.39, 0.29) is 37.4 Å². The third-order valence-electron chi connectivity index (χ3n) is 8.73. The zero-order valence-electron chi connectivity index (χ0n) is 28.3. The second-order valence-electron chi connectivity index (χ2n) is 12.8. The quantitative estimate of drug-likeness (QED) is 0.270. The van der Waals surface area contributed by atoms with Crippen molar-refractivity contribution >= 4 is 23.3 Å². The number of likely N-dealkylation sites (N-methyl/N-ethyl adjacent to an activating group) is 1. The predicted octanol–water partition coefficient (Wildman–Crippen LogP) is 5.99. The van der Waals surface area contributed by atoms with E-state index in [0.717, 1.165) is 25.8 Å². The van der Waals surface area contributed by atoms with Gasteiger partial charge in [0.1, 0.15) is 5.75 Å². The van der Waals surface area contributed by atoms with Crippen molar-refractivity contribution in [2.75, 3.05) is 50.8 Å². The fourth-order valence-electron chi connectivity index (χ4n) is 6.00. The smallest absolute Gasteiger partial charge is 0.323 e. The standard InChI is InChI=1S/C37H48N4O7/c1-25-20-41(26(2)23-42)36(43)31-18-29(38-37(44)39-30-14-16-33-34(19-30)47-24-46-33)13-15-32(31)48-27(3)10-8-9-17-45-35(25)22-40(4)21-28-11-6-5-7-12-28/h5-7,11-16,18-19,25-27,35,42H,8-10,17,20-24H2,1-4H3,(H2,38,39,44)/t25-,26-,27+,35+/m1/s1. The van der Waals surface area contributed by atoms with Crippen molar-refractivity contribution in [3.8, 4) is 17.2 Å². The number of nitrogens with zero attached hydrogens (tertiary/aromatic N) is 2. The van der Waals surface area contributed by atoms with Crippen LogP contribution in [0.1, 0.15) is 56.0 Å². The van der Waals surface area contributed by atoms with Crippen LogP contribution in [-0.4, -0.2) is 85.2 Å². The molecule has 0 aromatic heterocycles. The van der Waals surface area contributed by atoms with Crippen molar-refractivity contribution in [2.45, 2.75) is 64.8 Å². The lowest BCUT2D eigenvalue weighted by Gasteiger charge is -2.36. The Bertz CT molecular complexity index is 1520. The van der Waals surface area contributed by atoms with E-state index in [4.69, 9.17) is 18.9 Å². The average Bonchev–Trinajstić information content (AvgIpc) is 3.54. The number of fused-ring (bicyclic) bond motifs is 2. The van der Waals surface area contributed by atoms with E-state index >= 15 is 0 Å². The number of amides is 3. The maximum absolute atomic E-state index is 14.4. The number of carbonyl (C=O) groups excluding carboxylic acids is 2. The van der Waals surface area contributed by atoms with Crippen LogP contribution in [0.25, 0.3) is 0 Å². The summed E-state index contributed by atoms with van der Waals surface area (Å²) in [7, 11) is 2.08. The number of rotatable bonds is 8. The van der Waals surface area contributed by atoms with Crippen molar-refractivity contribution in [1.82, 2.24) is 9.80 Å². The molecule has 4 atom stereocenters. The van der Waals surface area contributed by atoms with Crippen LogP contribution in [0.5, 0.6) is 17.2 Å². The highest BCUT2D eigenvalue weighted by Crippen LogP contribution is 2.34. The van der Waals surface area contributed by atoms with Crippen LogP contribution in [-0.2, 0) is 11.3 Å². The van der Waals surface area contributed by atoms with E-state index in [1.807, 2.05) is 32.0 Å². The van der Waals surface area contributed by atoms with Crippen LogP contribution in [0.3, 0.4) is 0 Å². The van der Waals surface area contributed by atoms with Gasteiger partial charge >= 0.3 is 6.03 Å². The lowest BCUT2D eigenvalue weighted by atomic mass is 10.0. The molecule has 258 valence electrons. The molecule has 2 aliphatic rings. The number of aliphatic hydroxyl groups excluding tert-OH is 1. The first-order valence-corrected chi connectivity index (χ1v) is 16.7. The largest absolute Gasteiger partial charge is 0.490 e. The van der Waals surface area contributed by atoms with Gasteiger partial charge in [0.25, 0.3) is 5.91 Å². The van der Waals surface area contributed by atoms with E-state index in [0.29, 0.717) is 53.9 Å². The molecular weight excluding hydrogens is 612 g/mol. The van der Waals surface area contributed by atoms with Crippen LogP contribution < -0.4 is 24.8 Å². The van der Waals surface area contributed by atoms with Gasteiger partial charge in [0.15, 0.2) is 11.5 Å². The van der Waals surface area contributed by atoms with Crippen LogP contribution >= 0.6 is 0 Å². The van der Waals surface area contributed by atoms with Gasteiger partial charge in [-0.15, -0.1) is 0 Å². The Morgan fingerprint density at radius 2 is 1.69 bits per heavy atom. The zero-order chi connectivity index (χ0) is 34.0. The minimum absolute atomic E-state index is 0.0406. The van der Waals surface area contributed by atoms with E-state index in [1.54, 1.807) is 41.3 Å². The van der Waals surface area contributed by atoms with Gasteiger partial charge in [-0.2, -0.15) is 0 Å². The predicted molar refractivity (Wildman–Crippen MR) is 185 cm³/mol. The molecule has 0 radical (unpaired) electrons. The average molecular weight is 661 g/mol. The molecule has 3 aromatic carbocycles. The van der Waals surface area contributed by atoms with Gasteiger partial charge < -0.3 is 39.6 Å². The summed E-state index contributed by atoms with van der Waals surface area (Å²) < 4.78 is 23.6. The van der Waals surface area contributed by atoms with Crippen LogP contribution in [0.15, 0.2) is 66.7 Å². The fraction of sp³-hybridized carbons (Fsp3) is 0.459. The Labute approximate surface area is 283 Å². The topological polar surface area (TPSA) is 122 Å². The molecular formula is C37H48N4O7. The molecule has 3 amide bonds. The van der Waals surface area contributed by atoms with Crippen molar-refractivity contribution in [3.05, 3.63) is 77.9 Å².